The van der Waals surface area contributed by atoms with E-state index in [1.54, 1.807) is 7.11 Å². The molecule has 0 amide bonds. The van der Waals surface area contributed by atoms with Crippen molar-refractivity contribution in [1.29, 1.82) is 0 Å². The van der Waals surface area contributed by atoms with Crippen molar-refractivity contribution in [2.45, 2.75) is 33.4 Å². The molecule has 130 valence electrons. The molecule has 1 rings (SSSR count). The van der Waals surface area contributed by atoms with E-state index in [1.165, 1.54) is 0 Å². The number of methoxy groups -OCH3 is 1. The van der Waals surface area contributed by atoms with Gasteiger partial charge in [-0.05, 0) is 26.1 Å². The first kappa shape index (κ1) is 19.3. The van der Waals surface area contributed by atoms with Gasteiger partial charge in [0, 0.05) is 38.8 Å². The maximum Gasteiger partial charge on any atom is 0.193 e. The standard InChI is InChI=1S/C18H32N4O/c1-7-22(8-2)15(3)13-20-18(19-4)21(5)14-16-11-9-10-12-17(16)23-6/h9-12,15H,7-8,13-14H2,1-6H3,(H,19,20). The fraction of sp³-hybridized carbons (Fsp3) is 0.611. The lowest BCUT2D eigenvalue weighted by atomic mass is 10.2. The van der Waals surface area contributed by atoms with Gasteiger partial charge in [-0.15, -0.1) is 0 Å². The highest BCUT2D eigenvalue weighted by Gasteiger charge is 2.13. The monoisotopic (exact) mass is 320 g/mol. The first-order valence-electron chi connectivity index (χ1n) is 8.35. The highest BCUT2D eigenvalue weighted by atomic mass is 16.5. The quantitative estimate of drug-likeness (QED) is 0.590. The minimum atomic E-state index is 0.474. The van der Waals surface area contributed by atoms with Crippen molar-refractivity contribution in [3.63, 3.8) is 0 Å². The zero-order chi connectivity index (χ0) is 17.2. The molecule has 0 saturated carbocycles. The van der Waals surface area contributed by atoms with Crippen molar-refractivity contribution in [3.05, 3.63) is 29.8 Å². The molecular formula is C18H32N4O. The van der Waals surface area contributed by atoms with E-state index in [0.29, 0.717) is 6.04 Å². The molecule has 0 aliphatic rings. The van der Waals surface area contributed by atoms with Crippen molar-refractivity contribution in [2.24, 2.45) is 4.99 Å². The van der Waals surface area contributed by atoms with Gasteiger partial charge in [0.25, 0.3) is 0 Å². The van der Waals surface area contributed by atoms with Crippen LogP contribution in [0.3, 0.4) is 0 Å². The van der Waals surface area contributed by atoms with Crippen LogP contribution in [-0.2, 0) is 6.54 Å². The lowest BCUT2D eigenvalue weighted by molar-refractivity contribution is 0.230. The summed E-state index contributed by atoms with van der Waals surface area (Å²) in [5.41, 5.74) is 1.15. The summed E-state index contributed by atoms with van der Waals surface area (Å²) in [6, 6.07) is 8.57. The first-order valence-corrected chi connectivity index (χ1v) is 8.35. The Morgan fingerprint density at radius 1 is 1.26 bits per heavy atom. The van der Waals surface area contributed by atoms with Crippen molar-refractivity contribution in [1.82, 2.24) is 15.1 Å². The Balaban J connectivity index is 2.64. The molecule has 0 heterocycles. The van der Waals surface area contributed by atoms with Gasteiger partial charge in [-0.3, -0.25) is 9.89 Å². The van der Waals surface area contributed by atoms with E-state index in [0.717, 1.165) is 43.5 Å². The van der Waals surface area contributed by atoms with Gasteiger partial charge in [-0.2, -0.15) is 0 Å². The van der Waals surface area contributed by atoms with Crippen LogP contribution in [0, 0.1) is 0 Å². The maximum absolute atomic E-state index is 5.42. The number of nitrogens with zero attached hydrogens (tertiary/aromatic N) is 3. The van der Waals surface area contributed by atoms with E-state index in [1.807, 2.05) is 32.3 Å². The van der Waals surface area contributed by atoms with Crippen LogP contribution in [0.25, 0.3) is 0 Å². The van der Waals surface area contributed by atoms with Crippen molar-refractivity contribution < 1.29 is 4.74 Å². The number of rotatable bonds is 8. The lowest BCUT2D eigenvalue weighted by Gasteiger charge is -2.29. The number of hydrogen-bond donors (Lipinski definition) is 1. The molecule has 0 spiro atoms. The second kappa shape index (κ2) is 10.1. The molecule has 0 saturated heterocycles. The van der Waals surface area contributed by atoms with Crippen LogP contribution in [0.15, 0.2) is 29.3 Å². The molecule has 0 aliphatic carbocycles. The summed E-state index contributed by atoms with van der Waals surface area (Å²) >= 11 is 0. The predicted molar refractivity (Wildman–Crippen MR) is 98.2 cm³/mol. The normalized spacial score (nSPS) is 13.1. The number of ether oxygens (including phenoxy) is 1. The number of para-hydroxylation sites is 1. The molecule has 1 atom stereocenters. The molecule has 5 heteroatoms. The van der Waals surface area contributed by atoms with Crippen LogP contribution in [0.5, 0.6) is 5.75 Å². The molecule has 1 aromatic rings. The predicted octanol–water partition coefficient (Wildman–Crippen LogP) is 2.43. The third-order valence-electron chi connectivity index (χ3n) is 4.16. The summed E-state index contributed by atoms with van der Waals surface area (Å²) in [5, 5.41) is 3.47. The minimum Gasteiger partial charge on any atom is -0.496 e. The number of guanidine groups is 1. The van der Waals surface area contributed by atoms with E-state index >= 15 is 0 Å². The second-order valence-electron chi connectivity index (χ2n) is 5.67. The smallest absolute Gasteiger partial charge is 0.193 e. The Kier molecular flexibility index (Phi) is 8.48. The summed E-state index contributed by atoms with van der Waals surface area (Å²) in [6.45, 7) is 10.4. The van der Waals surface area contributed by atoms with Crippen molar-refractivity contribution in [2.75, 3.05) is 40.8 Å². The van der Waals surface area contributed by atoms with Gasteiger partial charge >= 0.3 is 0 Å². The van der Waals surface area contributed by atoms with Crippen molar-refractivity contribution in [3.8, 4) is 5.75 Å². The Morgan fingerprint density at radius 2 is 1.91 bits per heavy atom. The molecule has 0 radical (unpaired) electrons. The average Bonchev–Trinajstić information content (AvgIpc) is 2.57. The van der Waals surface area contributed by atoms with E-state index in [-0.39, 0.29) is 0 Å². The zero-order valence-electron chi connectivity index (χ0n) is 15.5. The number of hydrogen-bond acceptors (Lipinski definition) is 3. The van der Waals surface area contributed by atoms with Gasteiger partial charge in [-0.1, -0.05) is 32.0 Å². The van der Waals surface area contributed by atoms with Gasteiger partial charge in [0.2, 0.25) is 0 Å². The van der Waals surface area contributed by atoms with Crippen LogP contribution < -0.4 is 10.1 Å². The number of likely N-dealkylation sites (N-methyl/N-ethyl adjacent to an activating group) is 1. The van der Waals surface area contributed by atoms with Gasteiger partial charge in [0.1, 0.15) is 5.75 Å². The fourth-order valence-corrected chi connectivity index (χ4v) is 2.76. The van der Waals surface area contributed by atoms with Crippen LogP contribution in [-0.4, -0.2) is 62.6 Å². The summed E-state index contributed by atoms with van der Waals surface area (Å²) in [7, 11) is 5.57. The Bertz CT molecular complexity index is 486. The first-order chi connectivity index (χ1) is 11.1. The third kappa shape index (κ3) is 5.75. The molecule has 1 N–H and O–H groups in total. The molecule has 5 nitrogen and oxygen atoms in total. The summed E-state index contributed by atoms with van der Waals surface area (Å²) in [4.78, 5) is 8.94. The average molecular weight is 320 g/mol. The summed E-state index contributed by atoms with van der Waals surface area (Å²) in [5.74, 6) is 1.81. The molecule has 0 fully saturated rings. The van der Waals surface area contributed by atoms with E-state index < -0.39 is 0 Å². The van der Waals surface area contributed by atoms with Gasteiger partial charge in [-0.25, -0.2) is 0 Å². The van der Waals surface area contributed by atoms with E-state index in [9.17, 15) is 0 Å². The molecule has 1 aromatic carbocycles. The second-order valence-corrected chi connectivity index (χ2v) is 5.67. The lowest BCUT2D eigenvalue weighted by Crippen LogP contribution is -2.46. The summed E-state index contributed by atoms with van der Waals surface area (Å²) < 4.78 is 5.42. The molecular weight excluding hydrogens is 288 g/mol. The fourth-order valence-electron chi connectivity index (χ4n) is 2.76. The largest absolute Gasteiger partial charge is 0.496 e. The van der Waals surface area contributed by atoms with Crippen LogP contribution >= 0.6 is 0 Å². The molecule has 0 bridgehead atoms. The van der Waals surface area contributed by atoms with Gasteiger partial charge in [0.05, 0.1) is 7.11 Å². The third-order valence-corrected chi connectivity index (χ3v) is 4.16. The van der Waals surface area contributed by atoms with E-state index in [4.69, 9.17) is 4.74 Å². The molecule has 0 aliphatic heterocycles. The van der Waals surface area contributed by atoms with Crippen LogP contribution in [0.4, 0.5) is 0 Å². The topological polar surface area (TPSA) is 40.1 Å². The molecule has 23 heavy (non-hydrogen) atoms. The van der Waals surface area contributed by atoms with Gasteiger partial charge in [0.15, 0.2) is 5.96 Å². The minimum absolute atomic E-state index is 0.474. The van der Waals surface area contributed by atoms with Crippen molar-refractivity contribution >= 4 is 5.96 Å². The van der Waals surface area contributed by atoms with Crippen LogP contribution in [0.1, 0.15) is 26.3 Å². The Morgan fingerprint density at radius 3 is 2.48 bits per heavy atom. The highest BCUT2D eigenvalue weighted by molar-refractivity contribution is 5.79. The Hall–Kier alpha value is -1.75. The number of aliphatic imine (C=N–C) groups is 1. The molecule has 0 aromatic heterocycles. The number of nitrogens with one attached hydrogen (secondary N) is 1. The van der Waals surface area contributed by atoms with E-state index in [2.05, 4.69) is 46.9 Å². The Labute approximate surface area is 141 Å². The summed E-state index contributed by atoms with van der Waals surface area (Å²) in [6.07, 6.45) is 0. The maximum atomic E-state index is 5.42. The van der Waals surface area contributed by atoms with Gasteiger partial charge < -0.3 is 15.0 Å². The van der Waals surface area contributed by atoms with Crippen LogP contribution in [0.2, 0.25) is 0 Å². The SMILES string of the molecule is CCN(CC)C(C)CNC(=NC)N(C)Cc1ccccc1OC. The number of benzene rings is 1. The zero-order valence-corrected chi connectivity index (χ0v) is 15.5. The molecule has 1 unspecified atom stereocenters. The highest BCUT2D eigenvalue weighted by Crippen LogP contribution is 2.18.